The number of anilines is 1. The van der Waals surface area contributed by atoms with E-state index in [1.54, 1.807) is 7.11 Å². The Bertz CT molecular complexity index is 314. The van der Waals surface area contributed by atoms with Crippen molar-refractivity contribution in [3.8, 4) is 0 Å². The van der Waals surface area contributed by atoms with Gasteiger partial charge in [0.05, 0.1) is 12.6 Å². The number of hydrogen-bond acceptors (Lipinski definition) is 3. The van der Waals surface area contributed by atoms with Crippen LogP contribution in [-0.2, 0) is 4.74 Å². The lowest BCUT2D eigenvalue weighted by atomic mass is 9.97. The fraction of sp³-hybridized carbons (Fsp3) is 0.750. The molecule has 0 saturated heterocycles. The summed E-state index contributed by atoms with van der Waals surface area (Å²) >= 11 is 0. The van der Waals surface area contributed by atoms with Gasteiger partial charge >= 0.3 is 0 Å². The maximum absolute atomic E-state index is 5.15. The van der Waals surface area contributed by atoms with E-state index in [9.17, 15) is 0 Å². The van der Waals surface area contributed by atoms with Crippen molar-refractivity contribution in [2.45, 2.75) is 33.7 Å². The predicted octanol–water partition coefficient (Wildman–Crippen LogP) is 2.55. The second kappa shape index (κ2) is 5.34. The standard InChI is InChI=1S/C12H23N3O/c1-10(8-16-5)15-7-6-13-11(15)14-9-12(2,3)4/h6-7,10H,8-9H2,1-5H3,(H,13,14). The van der Waals surface area contributed by atoms with Crippen molar-refractivity contribution in [3.63, 3.8) is 0 Å². The molecular weight excluding hydrogens is 202 g/mol. The summed E-state index contributed by atoms with van der Waals surface area (Å²) in [7, 11) is 1.72. The molecule has 4 heteroatoms. The molecule has 1 N–H and O–H groups in total. The summed E-state index contributed by atoms with van der Waals surface area (Å²) in [6, 6.07) is 0.301. The first kappa shape index (κ1) is 13.0. The molecule has 16 heavy (non-hydrogen) atoms. The number of nitrogens with zero attached hydrogens (tertiary/aromatic N) is 2. The highest BCUT2D eigenvalue weighted by Gasteiger charge is 2.13. The van der Waals surface area contributed by atoms with Gasteiger partial charge in [-0.05, 0) is 12.3 Å². The van der Waals surface area contributed by atoms with E-state index in [0.29, 0.717) is 12.6 Å². The van der Waals surface area contributed by atoms with Gasteiger partial charge in [-0.2, -0.15) is 0 Å². The number of hydrogen-bond donors (Lipinski definition) is 1. The lowest BCUT2D eigenvalue weighted by Gasteiger charge is -2.21. The Morgan fingerprint density at radius 3 is 2.75 bits per heavy atom. The van der Waals surface area contributed by atoms with Crippen molar-refractivity contribution in [2.24, 2.45) is 5.41 Å². The highest BCUT2D eigenvalue weighted by molar-refractivity contribution is 5.27. The van der Waals surface area contributed by atoms with Crippen LogP contribution in [0.4, 0.5) is 5.95 Å². The Labute approximate surface area is 98.0 Å². The van der Waals surface area contributed by atoms with Gasteiger partial charge in [-0.1, -0.05) is 20.8 Å². The lowest BCUT2D eigenvalue weighted by molar-refractivity contribution is 0.163. The minimum absolute atomic E-state index is 0.251. The first-order valence-corrected chi connectivity index (χ1v) is 5.69. The van der Waals surface area contributed by atoms with E-state index in [4.69, 9.17) is 4.74 Å². The highest BCUT2D eigenvalue weighted by atomic mass is 16.5. The first-order chi connectivity index (χ1) is 7.44. The van der Waals surface area contributed by atoms with E-state index in [1.807, 2.05) is 12.4 Å². The Morgan fingerprint density at radius 2 is 2.19 bits per heavy atom. The number of rotatable bonds is 5. The van der Waals surface area contributed by atoms with E-state index in [2.05, 4.69) is 42.6 Å². The zero-order chi connectivity index (χ0) is 12.2. The van der Waals surface area contributed by atoms with Crippen molar-refractivity contribution in [3.05, 3.63) is 12.4 Å². The summed E-state index contributed by atoms with van der Waals surface area (Å²) < 4.78 is 7.26. The summed E-state index contributed by atoms with van der Waals surface area (Å²) in [5.41, 5.74) is 0.251. The van der Waals surface area contributed by atoms with Crippen molar-refractivity contribution < 1.29 is 4.74 Å². The molecule has 0 fully saturated rings. The molecule has 0 aromatic carbocycles. The van der Waals surface area contributed by atoms with Crippen LogP contribution < -0.4 is 5.32 Å². The van der Waals surface area contributed by atoms with Crippen LogP contribution in [-0.4, -0.2) is 29.8 Å². The lowest BCUT2D eigenvalue weighted by Crippen LogP contribution is -2.22. The van der Waals surface area contributed by atoms with Crippen molar-refractivity contribution in [2.75, 3.05) is 25.6 Å². The minimum atomic E-state index is 0.251. The molecule has 0 aliphatic carbocycles. The molecule has 1 heterocycles. The largest absolute Gasteiger partial charge is 0.383 e. The zero-order valence-corrected chi connectivity index (χ0v) is 10.9. The van der Waals surface area contributed by atoms with Crippen molar-refractivity contribution in [1.29, 1.82) is 0 Å². The number of methoxy groups -OCH3 is 1. The average molecular weight is 225 g/mol. The van der Waals surface area contributed by atoms with Crippen LogP contribution in [0.15, 0.2) is 12.4 Å². The quantitative estimate of drug-likeness (QED) is 0.837. The molecule has 1 unspecified atom stereocenters. The van der Waals surface area contributed by atoms with E-state index in [0.717, 1.165) is 12.5 Å². The molecule has 0 spiro atoms. The molecule has 1 rings (SSSR count). The van der Waals surface area contributed by atoms with Gasteiger partial charge in [0.2, 0.25) is 5.95 Å². The monoisotopic (exact) mass is 225 g/mol. The molecule has 0 aliphatic rings. The number of ether oxygens (including phenoxy) is 1. The Balaban J connectivity index is 2.63. The van der Waals surface area contributed by atoms with Gasteiger partial charge in [-0.25, -0.2) is 4.98 Å². The van der Waals surface area contributed by atoms with Crippen LogP contribution in [0.5, 0.6) is 0 Å². The van der Waals surface area contributed by atoms with Crippen LogP contribution in [0.1, 0.15) is 33.7 Å². The van der Waals surface area contributed by atoms with Gasteiger partial charge in [-0.3, -0.25) is 0 Å². The molecular formula is C12H23N3O. The topological polar surface area (TPSA) is 39.1 Å². The van der Waals surface area contributed by atoms with E-state index in [-0.39, 0.29) is 5.41 Å². The van der Waals surface area contributed by atoms with Gasteiger partial charge in [0.25, 0.3) is 0 Å². The summed E-state index contributed by atoms with van der Waals surface area (Å²) in [4.78, 5) is 4.32. The fourth-order valence-electron chi connectivity index (χ4n) is 1.47. The molecule has 0 bridgehead atoms. The van der Waals surface area contributed by atoms with Gasteiger partial charge in [0.15, 0.2) is 0 Å². The van der Waals surface area contributed by atoms with Crippen molar-refractivity contribution in [1.82, 2.24) is 9.55 Å². The number of imidazole rings is 1. The molecule has 0 saturated carbocycles. The molecule has 4 nitrogen and oxygen atoms in total. The molecule has 92 valence electrons. The van der Waals surface area contributed by atoms with Gasteiger partial charge in [0.1, 0.15) is 0 Å². The van der Waals surface area contributed by atoms with E-state index < -0.39 is 0 Å². The minimum Gasteiger partial charge on any atom is -0.383 e. The summed E-state index contributed by atoms with van der Waals surface area (Å²) in [5.74, 6) is 0.916. The smallest absolute Gasteiger partial charge is 0.203 e. The van der Waals surface area contributed by atoms with E-state index >= 15 is 0 Å². The normalized spacial score (nSPS) is 13.8. The molecule has 0 aliphatic heterocycles. The van der Waals surface area contributed by atoms with Gasteiger partial charge in [-0.15, -0.1) is 0 Å². The van der Waals surface area contributed by atoms with Gasteiger partial charge in [0, 0.05) is 26.0 Å². The Morgan fingerprint density at radius 1 is 1.50 bits per heavy atom. The van der Waals surface area contributed by atoms with Crippen LogP contribution in [0, 0.1) is 5.41 Å². The Hall–Kier alpha value is -1.03. The summed E-state index contributed by atoms with van der Waals surface area (Å²) in [6.45, 7) is 10.3. The summed E-state index contributed by atoms with van der Waals surface area (Å²) in [6.07, 6.45) is 3.80. The molecule has 0 amide bonds. The third-order valence-corrected chi connectivity index (χ3v) is 2.33. The SMILES string of the molecule is COCC(C)n1ccnc1NCC(C)(C)C. The maximum atomic E-state index is 5.15. The molecule has 0 radical (unpaired) electrons. The molecule has 1 aromatic heterocycles. The van der Waals surface area contributed by atoms with Crippen molar-refractivity contribution >= 4 is 5.95 Å². The van der Waals surface area contributed by atoms with Crippen LogP contribution in [0.2, 0.25) is 0 Å². The predicted molar refractivity (Wildman–Crippen MR) is 66.8 cm³/mol. The third-order valence-electron chi connectivity index (χ3n) is 2.33. The van der Waals surface area contributed by atoms with Gasteiger partial charge < -0.3 is 14.6 Å². The third kappa shape index (κ3) is 3.85. The maximum Gasteiger partial charge on any atom is 0.203 e. The van der Waals surface area contributed by atoms with E-state index in [1.165, 1.54) is 0 Å². The fourth-order valence-corrected chi connectivity index (χ4v) is 1.47. The highest BCUT2D eigenvalue weighted by Crippen LogP contribution is 2.17. The first-order valence-electron chi connectivity index (χ1n) is 5.69. The zero-order valence-electron chi connectivity index (χ0n) is 10.9. The Kier molecular flexibility index (Phi) is 4.35. The van der Waals surface area contributed by atoms with Crippen LogP contribution in [0.3, 0.4) is 0 Å². The second-order valence-electron chi connectivity index (χ2n) is 5.38. The second-order valence-corrected chi connectivity index (χ2v) is 5.38. The van der Waals surface area contributed by atoms with Crippen LogP contribution in [0.25, 0.3) is 0 Å². The molecule has 1 aromatic rings. The number of nitrogens with one attached hydrogen (secondary N) is 1. The summed E-state index contributed by atoms with van der Waals surface area (Å²) in [5, 5.41) is 3.37. The van der Waals surface area contributed by atoms with Crippen LogP contribution >= 0.6 is 0 Å². The average Bonchev–Trinajstić information content (AvgIpc) is 2.61. The number of aromatic nitrogens is 2. The molecule has 1 atom stereocenters.